The highest BCUT2D eigenvalue weighted by molar-refractivity contribution is 5.43. The van der Waals surface area contributed by atoms with Crippen molar-refractivity contribution in [1.29, 1.82) is 0 Å². The summed E-state index contributed by atoms with van der Waals surface area (Å²) in [5.74, 6) is 1.80. The minimum absolute atomic E-state index is 0.299. The average molecular weight is 264 g/mol. The van der Waals surface area contributed by atoms with Crippen LogP contribution >= 0.6 is 0 Å². The highest BCUT2D eigenvalue weighted by Gasteiger charge is 2.30. The maximum atomic E-state index is 5.53. The molecule has 106 valence electrons. The van der Waals surface area contributed by atoms with Crippen molar-refractivity contribution in [2.24, 2.45) is 0 Å². The molecule has 2 rings (SSSR count). The van der Waals surface area contributed by atoms with Gasteiger partial charge in [0.2, 0.25) is 0 Å². The summed E-state index contributed by atoms with van der Waals surface area (Å²) in [6.07, 6.45) is 2.44. The van der Waals surface area contributed by atoms with Gasteiger partial charge in [0.05, 0.1) is 20.3 Å². The second kappa shape index (κ2) is 6.26. The SMILES string of the molecule is COc1ccc(OC)c(C(C2CCCN2)N(C)C)c1. The number of methoxy groups -OCH3 is 2. The van der Waals surface area contributed by atoms with Gasteiger partial charge in [-0.3, -0.25) is 0 Å². The molecule has 0 spiro atoms. The van der Waals surface area contributed by atoms with E-state index in [2.05, 4.69) is 30.4 Å². The predicted octanol–water partition coefficient (Wildman–Crippen LogP) is 2.06. The van der Waals surface area contributed by atoms with Crippen molar-refractivity contribution in [3.8, 4) is 11.5 Å². The third-order valence-electron chi connectivity index (χ3n) is 3.79. The smallest absolute Gasteiger partial charge is 0.123 e. The third kappa shape index (κ3) is 3.01. The van der Waals surface area contributed by atoms with E-state index >= 15 is 0 Å². The van der Waals surface area contributed by atoms with Crippen LogP contribution in [0.25, 0.3) is 0 Å². The Morgan fingerprint density at radius 1 is 1.26 bits per heavy atom. The van der Waals surface area contributed by atoms with E-state index in [-0.39, 0.29) is 0 Å². The molecule has 0 aromatic heterocycles. The van der Waals surface area contributed by atoms with Crippen molar-refractivity contribution < 1.29 is 9.47 Å². The van der Waals surface area contributed by atoms with Crippen molar-refractivity contribution in [2.45, 2.75) is 24.9 Å². The molecule has 1 heterocycles. The summed E-state index contributed by atoms with van der Waals surface area (Å²) >= 11 is 0. The molecule has 1 aromatic rings. The first-order valence-corrected chi connectivity index (χ1v) is 6.79. The van der Waals surface area contributed by atoms with E-state index in [0.29, 0.717) is 12.1 Å². The number of benzene rings is 1. The molecular weight excluding hydrogens is 240 g/mol. The van der Waals surface area contributed by atoms with Crippen LogP contribution in [0.3, 0.4) is 0 Å². The number of hydrogen-bond donors (Lipinski definition) is 1. The first kappa shape index (κ1) is 14.2. The average Bonchev–Trinajstić information content (AvgIpc) is 2.92. The number of nitrogens with zero attached hydrogens (tertiary/aromatic N) is 1. The topological polar surface area (TPSA) is 33.7 Å². The lowest BCUT2D eigenvalue weighted by molar-refractivity contribution is 0.237. The van der Waals surface area contributed by atoms with Crippen LogP contribution in [0.2, 0.25) is 0 Å². The summed E-state index contributed by atoms with van der Waals surface area (Å²) in [6.45, 7) is 1.10. The van der Waals surface area contributed by atoms with Crippen LogP contribution in [0.1, 0.15) is 24.4 Å². The first-order valence-electron chi connectivity index (χ1n) is 6.79. The molecule has 19 heavy (non-hydrogen) atoms. The fourth-order valence-electron chi connectivity index (χ4n) is 2.91. The number of ether oxygens (including phenoxy) is 2. The van der Waals surface area contributed by atoms with Gasteiger partial charge in [-0.2, -0.15) is 0 Å². The second-order valence-corrected chi connectivity index (χ2v) is 5.22. The van der Waals surface area contributed by atoms with Crippen LogP contribution in [0.15, 0.2) is 18.2 Å². The van der Waals surface area contributed by atoms with Gasteiger partial charge < -0.3 is 19.7 Å². The van der Waals surface area contributed by atoms with Gasteiger partial charge in [-0.25, -0.2) is 0 Å². The Hall–Kier alpha value is -1.26. The normalized spacial score (nSPS) is 20.6. The van der Waals surface area contributed by atoms with Crippen LogP contribution in [0.5, 0.6) is 11.5 Å². The molecule has 1 aliphatic rings. The van der Waals surface area contributed by atoms with Gasteiger partial charge in [-0.1, -0.05) is 0 Å². The molecular formula is C15H24N2O2. The molecule has 0 bridgehead atoms. The Balaban J connectivity index is 2.38. The Morgan fingerprint density at radius 3 is 2.58 bits per heavy atom. The maximum Gasteiger partial charge on any atom is 0.123 e. The van der Waals surface area contributed by atoms with Crippen molar-refractivity contribution in [2.75, 3.05) is 34.9 Å². The lowest BCUT2D eigenvalue weighted by Gasteiger charge is -2.31. The van der Waals surface area contributed by atoms with Crippen LogP contribution in [-0.4, -0.2) is 45.8 Å². The summed E-state index contributed by atoms with van der Waals surface area (Å²) in [6, 6.07) is 6.78. The van der Waals surface area contributed by atoms with Gasteiger partial charge in [0, 0.05) is 11.6 Å². The highest BCUT2D eigenvalue weighted by Crippen LogP contribution is 2.35. The van der Waals surface area contributed by atoms with E-state index in [1.54, 1.807) is 14.2 Å². The van der Waals surface area contributed by atoms with Crippen molar-refractivity contribution >= 4 is 0 Å². The number of nitrogens with one attached hydrogen (secondary N) is 1. The van der Waals surface area contributed by atoms with Crippen molar-refractivity contribution in [3.05, 3.63) is 23.8 Å². The zero-order valence-corrected chi connectivity index (χ0v) is 12.3. The molecule has 1 N–H and O–H groups in total. The third-order valence-corrected chi connectivity index (χ3v) is 3.79. The summed E-state index contributed by atoms with van der Waals surface area (Å²) in [5.41, 5.74) is 1.19. The van der Waals surface area contributed by atoms with Crippen LogP contribution in [0.4, 0.5) is 0 Å². The van der Waals surface area contributed by atoms with E-state index in [1.807, 2.05) is 12.1 Å². The molecule has 4 heteroatoms. The molecule has 0 radical (unpaired) electrons. The zero-order valence-electron chi connectivity index (χ0n) is 12.3. The predicted molar refractivity (Wildman–Crippen MR) is 77.0 cm³/mol. The minimum Gasteiger partial charge on any atom is -0.497 e. The number of rotatable bonds is 5. The largest absolute Gasteiger partial charge is 0.497 e. The van der Waals surface area contributed by atoms with E-state index in [4.69, 9.17) is 9.47 Å². The summed E-state index contributed by atoms with van der Waals surface area (Å²) in [7, 11) is 7.65. The Morgan fingerprint density at radius 2 is 2.05 bits per heavy atom. The van der Waals surface area contributed by atoms with Gasteiger partial charge in [0.1, 0.15) is 11.5 Å². The Bertz CT molecular complexity index is 415. The van der Waals surface area contributed by atoms with Gasteiger partial charge in [-0.15, -0.1) is 0 Å². The van der Waals surface area contributed by atoms with Crippen LogP contribution in [0, 0.1) is 0 Å². The molecule has 1 fully saturated rings. The summed E-state index contributed by atoms with van der Waals surface area (Å²) in [4.78, 5) is 2.25. The fraction of sp³-hybridized carbons (Fsp3) is 0.600. The molecule has 2 unspecified atom stereocenters. The number of hydrogen-bond acceptors (Lipinski definition) is 4. The highest BCUT2D eigenvalue weighted by atomic mass is 16.5. The lowest BCUT2D eigenvalue weighted by atomic mass is 9.96. The molecule has 1 aromatic carbocycles. The van der Waals surface area contributed by atoms with Gasteiger partial charge in [0.25, 0.3) is 0 Å². The van der Waals surface area contributed by atoms with Gasteiger partial charge in [0.15, 0.2) is 0 Å². The number of likely N-dealkylation sites (N-methyl/N-ethyl adjacent to an activating group) is 1. The maximum absolute atomic E-state index is 5.53. The molecule has 0 saturated carbocycles. The first-order chi connectivity index (χ1) is 9.17. The molecule has 2 atom stereocenters. The fourth-order valence-corrected chi connectivity index (χ4v) is 2.91. The zero-order chi connectivity index (χ0) is 13.8. The molecule has 0 aliphatic carbocycles. The van der Waals surface area contributed by atoms with E-state index < -0.39 is 0 Å². The van der Waals surface area contributed by atoms with Gasteiger partial charge in [-0.05, 0) is 51.7 Å². The minimum atomic E-state index is 0.299. The van der Waals surface area contributed by atoms with E-state index in [0.717, 1.165) is 18.0 Å². The Labute approximate surface area is 115 Å². The quantitative estimate of drug-likeness (QED) is 0.882. The second-order valence-electron chi connectivity index (χ2n) is 5.22. The van der Waals surface area contributed by atoms with E-state index in [9.17, 15) is 0 Å². The van der Waals surface area contributed by atoms with Crippen molar-refractivity contribution in [1.82, 2.24) is 10.2 Å². The lowest BCUT2D eigenvalue weighted by Crippen LogP contribution is -2.37. The van der Waals surface area contributed by atoms with Gasteiger partial charge >= 0.3 is 0 Å². The summed E-state index contributed by atoms with van der Waals surface area (Å²) in [5, 5.41) is 3.59. The monoisotopic (exact) mass is 264 g/mol. The van der Waals surface area contributed by atoms with Crippen molar-refractivity contribution in [3.63, 3.8) is 0 Å². The summed E-state index contributed by atoms with van der Waals surface area (Å²) < 4.78 is 10.9. The standard InChI is InChI=1S/C15H24N2O2/c1-17(2)15(13-6-5-9-16-13)12-10-11(18-3)7-8-14(12)19-4/h7-8,10,13,15-16H,5-6,9H2,1-4H3. The van der Waals surface area contributed by atoms with Crippen LogP contribution < -0.4 is 14.8 Å². The molecule has 0 amide bonds. The molecule has 1 aliphatic heterocycles. The molecule has 1 saturated heterocycles. The van der Waals surface area contributed by atoms with E-state index in [1.165, 1.54) is 18.4 Å². The Kier molecular flexibility index (Phi) is 4.66. The van der Waals surface area contributed by atoms with Crippen LogP contribution in [-0.2, 0) is 0 Å². The molecule has 4 nitrogen and oxygen atoms in total.